The summed E-state index contributed by atoms with van der Waals surface area (Å²) < 4.78 is 0. The zero-order valence-corrected chi connectivity index (χ0v) is 11.6. The number of hydrogen-bond acceptors (Lipinski definition) is 2. The molecule has 3 amide bonds. The Hall–Kier alpha value is -1.84. The minimum absolute atomic E-state index is 0.117. The summed E-state index contributed by atoms with van der Waals surface area (Å²) in [6.45, 7) is 5.60. The molecule has 1 aliphatic rings. The Bertz CT molecular complexity index is 477. The third-order valence-corrected chi connectivity index (χ3v) is 3.25. The lowest BCUT2D eigenvalue weighted by molar-refractivity contribution is -0.130. The first kappa shape index (κ1) is 13.6. The van der Waals surface area contributed by atoms with E-state index in [2.05, 4.69) is 5.32 Å². The normalized spacial score (nSPS) is 19.7. The van der Waals surface area contributed by atoms with Gasteiger partial charge >= 0.3 is 6.03 Å². The smallest absolute Gasteiger partial charge is 0.325 e. The Morgan fingerprint density at radius 1 is 1.16 bits per heavy atom. The number of amides is 3. The van der Waals surface area contributed by atoms with E-state index in [0.717, 1.165) is 6.42 Å². The largest absolute Gasteiger partial charge is 0.326 e. The van der Waals surface area contributed by atoms with Gasteiger partial charge in [-0.2, -0.15) is 0 Å². The van der Waals surface area contributed by atoms with E-state index < -0.39 is 11.6 Å². The molecule has 0 spiro atoms. The molecule has 102 valence electrons. The number of carbonyl (C=O) groups excluding carboxylic acids is 2. The maximum absolute atomic E-state index is 12.2. The Kier molecular flexibility index (Phi) is 3.60. The molecular formula is C15H20N2O2. The van der Waals surface area contributed by atoms with Crippen LogP contribution in [0.3, 0.4) is 0 Å². The molecule has 0 aliphatic carbocycles. The van der Waals surface area contributed by atoms with Crippen LogP contribution < -0.4 is 5.32 Å². The van der Waals surface area contributed by atoms with E-state index in [1.165, 1.54) is 10.5 Å². The standard InChI is InChI=1S/C15H20N2O2/c1-15(2,3)17-13(18)12(16-14(17)19)10-9-11-7-5-4-6-8-11/h4-8,12H,9-10H2,1-3H3,(H,16,19). The first-order chi connectivity index (χ1) is 8.89. The van der Waals surface area contributed by atoms with E-state index in [0.29, 0.717) is 6.42 Å². The lowest BCUT2D eigenvalue weighted by Gasteiger charge is -2.28. The molecule has 19 heavy (non-hydrogen) atoms. The SMILES string of the molecule is CC(C)(C)N1C(=O)NC(CCc2ccccc2)C1=O. The predicted octanol–water partition coefficient (Wildman–Crippen LogP) is 2.34. The van der Waals surface area contributed by atoms with Gasteiger partial charge in [-0.05, 0) is 39.2 Å². The van der Waals surface area contributed by atoms with Crippen LogP contribution in [0.25, 0.3) is 0 Å². The summed E-state index contributed by atoms with van der Waals surface area (Å²) in [6.07, 6.45) is 1.43. The van der Waals surface area contributed by atoms with Crippen LogP contribution in [0.2, 0.25) is 0 Å². The van der Waals surface area contributed by atoms with Crippen molar-refractivity contribution in [3.63, 3.8) is 0 Å². The van der Waals surface area contributed by atoms with Crippen molar-refractivity contribution < 1.29 is 9.59 Å². The van der Waals surface area contributed by atoms with Crippen LogP contribution in [-0.2, 0) is 11.2 Å². The van der Waals surface area contributed by atoms with Crippen molar-refractivity contribution in [2.45, 2.75) is 45.2 Å². The second-order valence-electron chi connectivity index (χ2n) is 5.87. The lowest BCUT2D eigenvalue weighted by atomic mass is 10.0. The van der Waals surface area contributed by atoms with Crippen LogP contribution in [0.4, 0.5) is 4.79 Å². The van der Waals surface area contributed by atoms with Gasteiger partial charge in [-0.3, -0.25) is 9.69 Å². The topological polar surface area (TPSA) is 49.4 Å². The first-order valence-electron chi connectivity index (χ1n) is 6.58. The third kappa shape index (κ3) is 2.95. The van der Waals surface area contributed by atoms with E-state index in [1.807, 2.05) is 51.1 Å². The van der Waals surface area contributed by atoms with Gasteiger partial charge in [0.25, 0.3) is 5.91 Å². The molecule has 1 aliphatic heterocycles. The first-order valence-corrected chi connectivity index (χ1v) is 6.58. The molecule has 1 unspecified atom stereocenters. The van der Waals surface area contributed by atoms with Gasteiger partial charge in [0.1, 0.15) is 6.04 Å². The van der Waals surface area contributed by atoms with Crippen LogP contribution in [0.1, 0.15) is 32.8 Å². The number of aryl methyl sites for hydroxylation is 1. The second kappa shape index (κ2) is 5.03. The van der Waals surface area contributed by atoms with Gasteiger partial charge in [0.2, 0.25) is 0 Å². The number of rotatable bonds is 3. The molecule has 1 fully saturated rings. The van der Waals surface area contributed by atoms with Crippen LogP contribution in [0.5, 0.6) is 0 Å². The highest BCUT2D eigenvalue weighted by Gasteiger charge is 2.43. The molecule has 0 aromatic heterocycles. The fourth-order valence-electron chi connectivity index (χ4n) is 2.32. The predicted molar refractivity (Wildman–Crippen MR) is 73.7 cm³/mol. The number of urea groups is 1. The number of imide groups is 1. The van der Waals surface area contributed by atoms with Crippen molar-refractivity contribution in [2.24, 2.45) is 0 Å². The van der Waals surface area contributed by atoms with Crippen molar-refractivity contribution in [3.8, 4) is 0 Å². The zero-order chi connectivity index (χ0) is 14.0. The summed E-state index contributed by atoms with van der Waals surface area (Å²) in [6, 6.07) is 9.30. The van der Waals surface area contributed by atoms with Crippen LogP contribution in [-0.4, -0.2) is 28.4 Å². The van der Waals surface area contributed by atoms with Crippen molar-refractivity contribution >= 4 is 11.9 Å². The van der Waals surface area contributed by atoms with E-state index in [1.54, 1.807) is 0 Å². The number of hydrogen-bond donors (Lipinski definition) is 1. The second-order valence-corrected chi connectivity index (χ2v) is 5.87. The van der Waals surface area contributed by atoms with Gasteiger partial charge in [-0.15, -0.1) is 0 Å². The molecule has 0 radical (unpaired) electrons. The summed E-state index contributed by atoms with van der Waals surface area (Å²) in [5, 5.41) is 2.77. The summed E-state index contributed by atoms with van der Waals surface area (Å²) in [5.41, 5.74) is 0.710. The summed E-state index contributed by atoms with van der Waals surface area (Å²) in [5.74, 6) is -0.117. The average Bonchev–Trinajstić information content (AvgIpc) is 2.62. The van der Waals surface area contributed by atoms with Crippen LogP contribution in [0.15, 0.2) is 30.3 Å². The highest BCUT2D eigenvalue weighted by Crippen LogP contribution is 2.21. The van der Waals surface area contributed by atoms with Gasteiger partial charge in [0.05, 0.1) is 0 Å². The highest BCUT2D eigenvalue weighted by atomic mass is 16.2. The maximum atomic E-state index is 12.2. The number of carbonyl (C=O) groups is 2. The van der Waals surface area contributed by atoms with E-state index in [9.17, 15) is 9.59 Å². The van der Waals surface area contributed by atoms with Crippen molar-refractivity contribution in [2.75, 3.05) is 0 Å². The fraction of sp³-hybridized carbons (Fsp3) is 0.467. The van der Waals surface area contributed by atoms with Gasteiger partial charge in [0.15, 0.2) is 0 Å². The van der Waals surface area contributed by atoms with E-state index in [-0.39, 0.29) is 11.9 Å². The molecule has 4 nitrogen and oxygen atoms in total. The van der Waals surface area contributed by atoms with Gasteiger partial charge in [0, 0.05) is 5.54 Å². The summed E-state index contributed by atoms with van der Waals surface area (Å²) in [4.78, 5) is 25.4. The van der Waals surface area contributed by atoms with Crippen LogP contribution >= 0.6 is 0 Å². The Morgan fingerprint density at radius 2 is 1.79 bits per heavy atom. The van der Waals surface area contributed by atoms with E-state index >= 15 is 0 Å². The summed E-state index contributed by atoms with van der Waals surface area (Å²) in [7, 11) is 0. The Labute approximate surface area is 113 Å². The highest BCUT2D eigenvalue weighted by molar-refractivity contribution is 6.04. The zero-order valence-electron chi connectivity index (χ0n) is 11.6. The minimum atomic E-state index is -0.470. The molecule has 1 aromatic rings. The molecule has 1 saturated heterocycles. The molecule has 1 N–H and O–H groups in total. The van der Waals surface area contributed by atoms with Crippen LogP contribution in [0, 0.1) is 0 Å². The lowest BCUT2D eigenvalue weighted by Crippen LogP contribution is -2.46. The number of nitrogens with one attached hydrogen (secondary N) is 1. The Balaban J connectivity index is 2.00. The van der Waals surface area contributed by atoms with Crippen molar-refractivity contribution in [3.05, 3.63) is 35.9 Å². The molecule has 2 rings (SSSR count). The van der Waals surface area contributed by atoms with Gasteiger partial charge in [-0.25, -0.2) is 4.79 Å². The molecule has 1 heterocycles. The maximum Gasteiger partial charge on any atom is 0.325 e. The number of benzene rings is 1. The number of nitrogens with zero attached hydrogens (tertiary/aromatic N) is 1. The average molecular weight is 260 g/mol. The van der Waals surface area contributed by atoms with Crippen molar-refractivity contribution in [1.29, 1.82) is 0 Å². The van der Waals surface area contributed by atoms with Crippen molar-refractivity contribution in [1.82, 2.24) is 10.2 Å². The summed E-state index contributed by atoms with van der Waals surface area (Å²) >= 11 is 0. The quantitative estimate of drug-likeness (QED) is 0.848. The molecular weight excluding hydrogens is 240 g/mol. The van der Waals surface area contributed by atoms with E-state index in [4.69, 9.17) is 0 Å². The molecule has 0 saturated carbocycles. The molecule has 4 heteroatoms. The molecule has 0 bridgehead atoms. The molecule has 1 atom stereocenters. The monoisotopic (exact) mass is 260 g/mol. The Morgan fingerprint density at radius 3 is 2.32 bits per heavy atom. The van der Waals surface area contributed by atoms with Gasteiger partial charge < -0.3 is 5.32 Å². The molecule has 1 aromatic carbocycles. The fourth-order valence-corrected chi connectivity index (χ4v) is 2.32. The minimum Gasteiger partial charge on any atom is -0.326 e. The third-order valence-electron chi connectivity index (χ3n) is 3.25. The van der Waals surface area contributed by atoms with Gasteiger partial charge in [-0.1, -0.05) is 30.3 Å².